The van der Waals surface area contributed by atoms with Gasteiger partial charge in [-0.2, -0.15) is 5.26 Å². The van der Waals surface area contributed by atoms with Crippen molar-refractivity contribution in [3.8, 4) is 6.07 Å². The lowest BCUT2D eigenvalue weighted by atomic mass is 9.83. The molecule has 0 spiro atoms. The number of aromatic nitrogens is 2. The number of rotatable bonds is 3. The number of pyridine rings is 1. The van der Waals surface area contributed by atoms with Crippen molar-refractivity contribution in [3.63, 3.8) is 0 Å². The summed E-state index contributed by atoms with van der Waals surface area (Å²) in [6.07, 6.45) is 5.90. The highest BCUT2D eigenvalue weighted by Crippen LogP contribution is 2.29. The quantitative estimate of drug-likeness (QED) is 0.933. The van der Waals surface area contributed by atoms with Crippen molar-refractivity contribution in [2.75, 3.05) is 19.7 Å². The molecule has 0 radical (unpaired) electrons. The number of hydrogen-bond acceptors (Lipinski definition) is 4. The maximum atomic E-state index is 9.55. The predicted octanol–water partition coefficient (Wildman–Crippen LogP) is 1.80. The number of aliphatic hydroxyl groups is 1. The van der Waals surface area contributed by atoms with Crippen LogP contribution in [0.15, 0.2) is 24.5 Å². The molecule has 5 heteroatoms. The molecular formula is C16H20N4O. The summed E-state index contributed by atoms with van der Waals surface area (Å²) in [7, 11) is 0. The SMILES string of the molecule is CC1(CO)CCCN(Cc2cnc3ccc(C#N)cn23)C1. The average Bonchev–Trinajstić information content (AvgIpc) is 2.89. The van der Waals surface area contributed by atoms with Gasteiger partial charge in [-0.05, 0) is 31.5 Å². The van der Waals surface area contributed by atoms with Gasteiger partial charge in [-0.3, -0.25) is 4.90 Å². The average molecular weight is 284 g/mol. The molecule has 0 bridgehead atoms. The first kappa shape index (κ1) is 14.1. The van der Waals surface area contributed by atoms with Gasteiger partial charge in [0.25, 0.3) is 0 Å². The van der Waals surface area contributed by atoms with Crippen molar-refractivity contribution in [3.05, 3.63) is 35.8 Å². The minimum atomic E-state index is -0.00342. The Morgan fingerprint density at radius 1 is 1.48 bits per heavy atom. The van der Waals surface area contributed by atoms with E-state index < -0.39 is 0 Å². The highest BCUT2D eigenvalue weighted by Gasteiger charge is 2.30. The number of fused-ring (bicyclic) bond motifs is 1. The van der Waals surface area contributed by atoms with Crippen LogP contribution in [0.1, 0.15) is 31.0 Å². The van der Waals surface area contributed by atoms with E-state index in [4.69, 9.17) is 5.26 Å². The highest BCUT2D eigenvalue weighted by molar-refractivity contribution is 5.44. The van der Waals surface area contributed by atoms with E-state index in [2.05, 4.69) is 22.9 Å². The summed E-state index contributed by atoms with van der Waals surface area (Å²) in [4.78, 5) is 6.76. The fraction of sp³-hybridized carbons (Fsp3) is 0.500. The zero-order valence-corrected chi connectivity index (χ0v) is 12.3. The van der Waals surface area contributed by atoms with Gasteiger partial charge in [0.05, 0.1) is 17.5 Å². The first-order valence-corrected chi connectivity index (χ1v) is 7.33. The van der Waals surface area contributed by atoms with Gasteiger partial charge in [-0.15, -0.1) is 0 Å². The molecular weight excluding hydrogens is 264 g/mol. The van der Waals surface area contributed by atoms with Crippen LogP contribution in [0.3, 0.4) is 0 Å². The maximum absolute atomic E-state index is 9.55. The Bertz CT molecular complexity index is 687. The number of hydrogen-bond donors (Lipinski definition) is 1. The highest BCUT2D eigenvalue weighted by atomic mass is 16.3. The van der Waals surface area contributed by atoms with Gasteiger partial charge in [-0.25, -0.2) is 4.98 Å². The van der Waals surface area contributed by atoms with Crippen molar-refractivity contribution >= 4 is 5.65 Å². The third-order valence-corrected chi connectivity index (χ3v) is 4.34. The Labute approximate surface area is 124 Å². The molecule has 5 nitrogen and oxygen atoms in total. The molecule has 0 amide bonds. The van der Waals surface area contributed by atoms with E-state index >= 15 is 0 Å². The molecule has 2 aromatic heterocycles. The fourth-order valence-electron chi connectivity index (χ4n) is 3.13. The van der Waals surface area contributed by atoms with E-state index in [1.165, 1.54) is 0 Å². The molecule has 2 aromatic rings. The Kier molecular flexibility index (Phi) is 3.66. The Morgan fingerprint density at radius 2 is 2.33 bits per heavy atom. The van der Waals surface area contributed by atoms with Gasteiger partial charge in [0.2, 0.25) is 0 Å². The number of nitrogens with zero attached hydrogens (tertiary/aromatic N) is 4. The molecule has 1 saturated heterocycles. The predicted molar refractivity (Wildman–Crippen MR) is 79.6 cm³/mol. The Hall–Kier alpha value is -1.90. The van der Waals surface area contributed by atoms with E-state index in [9.17, 15) is 5.11 Å². The Balaban J connectivity index is 1.83. The van der Waals surface area contributed by atoms with Crippen LogP contribution in [-0.4, -0.2) is 39.1 Å². The fourth-order valence-corrected chi connectivity index (χ4v) is 3.13. The second-order valence-electron chi connectivity index (χ2n) is 6.29. The van der Waals surface area contributed by atoms with E-state index in [1.807, 2.05) is 22.9 Å². The topological polar surface area (TPSA) is 64.6 Å². The standard InChI is InChI=1S/C16H20N4O/c1-16(12-21)5-2-6-19(11-16)10-14-8-18-15-4-3-13(7-17)9-20(14)15/h3-4,8-9,21H,2,5-6,10-12H2,1H3. The zero-order valence-electron chi connectivity index (χ0n) is 12.3. The van der Waals surface area contributed by atoms with Gasteiger partial charge in [0.1, 0.15) is 11.7 Å². The summed E-state index contributed by atoms with van der Waals surface area (Å²) in [5, 5.41) is 18.6. The minimum Gasteiger partial charge on any atom is -0.396 e. The number of imidazole rings is 1. The smallest absolute Gasteiger partial charge is 0.137 e. The monoisotopic (exact) mass is 284 g/mol. The molecule has 21 heavy (non-hydrogen) atoms. The van der Waals surface area contributed by atoms with Crippen LogP contribution in [0.2, 0.25) is 0 Å². The summed E-state index contributed by atoms with van der Waals surface area (Å²) in [6, 6.07) is 5.83. The number of likely N-dealkylation sites (tertiary alicyclic amines) is 1. The van der Waals surface area contributed by atoms with Crippen LogP contribution in [0.25, 0.3) is 5.65 Å². The summed E-state index contributed by atoms with van der Waals surface area (Å²) in [5.74, 6) is 0. The van der Waals surface area contributed by atoms with Crippen LogP contribution in [0.5, 0.6) is 0 Å². The van der Waals surface area contributed by atoms with Crippen molar-refractivity contribution < 1.29 is 5.11 Å². The lowest BCUT2D eigenvalue weighted by Gasteiger charge is -2.39. The first-order chi connectivity index (χ1) is 10.1. The van der Waals surface area contributed by atoms with Crippen LogP contribution in [0.4, 0.5) is 0 Å². The molecule has 3 rings (SSSR count). The van der Waals surface area contributed by atoms with Crippen LogP contribution < -0.4 is 0 Å². The molecule has 1 atom stereocenters. The van der Waals surface area contributed by atoms with E-state index in [-0.39, 0.29) is 12.0 Å². The molecule has 1 aliphatic rings. The van der Waals surface area contributed by atoms with Crippen molar-refractivity contribution in [1.29, 1.82) is 5.26 Å². The largest absolute Gasteiger partial charge is 0.396 e. The molecule has 110 valence electrons. The minimum absolute atomic E-state index is 0.00342. The normalized spacial score (nSPS) is 23.3. The summed E-state index contributed by atoms with van der Waals surface area (Å²) < 4.78 is 1.99. The number of piperidine rings is 1. The van der Waals surface area contributed by atoms with Gasteiger partial charge >= 0.3 is 0 Å². The van der Waals surface area contributed by atoms with E-state index in [1.54, 1.807) is 6.07 Å². The van der Waals surface area contributed by atoms with Crippen LogP contribution in [0, 0.1) is 16.7 Å². The van der Waals surface area contributed by atoms with E-state index in [0.29, 0.717) is 5.56 Å². The number of aliphatic hydroxyl groups excluding tert-OH is 1. The van der Waals surface area contributed by atoms with E-state index in [0.717, 1.165) is 43.8 Å². The Morgan fingerprint density at radius 3 is 3.10 bits per heavy atom. The first-order valence-electron chi connectivity index (χ1n) is 7.33. The third-order valence-electron chi connectivity index (χ3n) is 4.34. The van der Waals surface area contributed by atoms with Gasteiger partial charge < -0.3 is 9.51 Å². The van der Waals surface area contributed by atoms with Crippen molar-refractivity contribution in [2.24, 2.45) is 5.41 Å². The molecule has 1 fully saturated rings. The van der Waals surface area contributed by atoms with Gasteiger partial charge in [0.15, 0.2) is 0 Å². The lowest BCUT2D eigenvalue weighted by molar-refractivity contribution is 0.0422. The van der Waals surface area contributed by atoms with Crippen LogP contribution >= 0.6 is 0 Å². The molecule has 0 saturated carbocycles. The van der Waals surface area contributed by atoms with Gasteiger partial charge in [-0.1, -0.05) is 6.92 Å². The summed E-state index contributed by atoms with van der Waals surface area (Å²) in [6.45, 7) is 5.11. The molecule has 3 heterocycles. The summed E-state index contributed by atoms with van der Waals surface area (Å²) >= 11 is 0. The van der Waals surface area contributed by atoms with Crippen molar-refractivity contribution in [2.45, 2.75) is 26.3 Å². The summed E-state index contributed by atoms with van der Waals surface area (Å²) in [5.41, 5.74) is 2.59. The second-order valence-corrected chi connectivity index (χ2v) is 6.29. The van der Waals surface area contributed by atoms with Crippen molar-refractivity contribution in [1.82, 2.24) is 14.3 Å². The number of nitriles is 1. The molecule has 1 aliphatic heterocycles. The molecule has 0 aromatic carbocycles. The molecule has 0 aliphatic carbocycles. The lowest BCUT2D eigenvalue weighted by Crippen LogP contribution is -2.43. The zero-order chi connectivity index (χ0) is 14.9. The maximum Gasteiger partial charge on any atom is 0.137 e. The van der Waals surface area contributed by atoms with Crippen LogP contribution in [-0.2, 0) is 6.54 Å². The third kappa shape index (κ3) is 2.78. The second kappa shape index (κ2) is 5.47. The van der Waals surface area contributed by atoms with Gasteiger partial charge in [0, 0.05) is 31.3 Å². The molecule has 1 unspecified atom stereocenters. The molecule has 1 N–H and O–H groups in total.